The monoisotopic (exact) mass is 355 g/mol. The molecule has 1 aliphatic rings. The second-order valence-electron chi connectivity index (χ2n) is 6.09. The molecule has 0 radical (unpaired) electrons. The number of rotatable bonds is 6. The van der Waals surface area contributed by atoms with E-state index in [1.807, 2.05) is 13.8 Å². The van der Waals surface area contributed by atoms with Crippen LogP contribution in [0.15, 0.2) is 4.34 Å². The number of hydrogen-bond acceptors (Lipinski definition) is 5. The van der Waals surface area contributed by atoms with Gasteiger partial charge in [0.2, 0.25) is 11.8 Å². The highest BCUT2D eigenvalue weighted by Crippen LogP contribution is 2.30. The SMILES string of the molecule is Cc1nc(S[C@@H](C)C(=O)NC2CCCCCC2)sc1CC(N)=O. The Morgan fingerprint density at radius 1 is 1.35 bits per heavy atom. The summed E-state index contributed by atoms with van der Waals surface area (Å²) in [6, 6.07) is 0.316. The van der Waals surface area contributed by atoms with E-state index < -0.39 is 0 Å². The van der Waals surface area contributed by atoms with Crippen molar-refractivity contribution in [3.8, 4) is 0 Å². The van der Waals surface area contributed by atoms with E-state index in [2.05, 4.69) is 10.3 Å². The van der Waals surface area contributed by atoms with Gasteiger partial charge in [-0.2, -0.15) is 0 Å². The summed E-state index contributed by atoms with van der Waals surface area (Å²) in [4.78, 5) is 28.7. The van der Waals surface area contributed by atoms with Crippen LogP contribution in [-0.2, 0) is 16.0 Å². The molecule has 2 rings (SSSR count). The number of carbonyl (C=O) groups excluding carboxylic acids is 2. The van der Waals surface area contributed by atoms with Crippen molar-refractivity contribution in [3.63, 3.8) is 0 Å². The van der Waals surface area contributed by atoms with Gasteiger partial charge in [-0.15, -0.1) is 11.3 Å². The molecular weight excluding hydrogens is 330 g/mol. The average Bonchev–Trinajstić information content (AvgIpc) is 2.67. The molecule has 1 aliphatic carbocycles. The first-order valence-electron chi connectivity index (χ1n) is 8.17. The standard InChI is InChI=1S/C16H25N3O2S2/c1-10-13(9-14(17)20)23-16(18-10)22-11(2)15(21)19-12-7-5-3-4-6-8-12/h11-12H,3-9H2,1-2H3,(H2,17,20)(H,19,21)/t11-/m0/s1. The normalized spacial score (nSPS) is 17.5. The third-order valence-electron chi connectivity index (χ3n) is 4.06. The Bertz CT molecular complexity index is 552. The summed E-state index contributed by atoms with van der Waals surface area (Å²) in [5.74, 6) is -0.279. The third-order valence-corrected chi connectivity index (χ3v) is 6.41. The Kier molecular flexibility index (Phi) is 6.89. The van der Waals surface area contributed by atoms with E-state index in [9.17, 15) is 9.59 Å². The number of hydrogen-bond donors (Lipinski definition) is 2. The highest BCUT2D eigenvalue weighted by Gasteiger charge is 2.21. The second-order valence-corrected chi connectivity index (χ2v) is 8.76. The molecule has 128 valence electrons. The lowest BCUT2D eigenvalue weighted by Gasteiger charge is -2.18. The number of primary amides is 1. The Morgan fingerprint density at radius 3 is 2.61 bits per heavy atom. The zero-order valence-electron chi connectivity index (χ0n) is 13.8. The van der Waals surface area contributed by atoms with Crippen molar-refractivity contribution in [2.45, 2.75) is 74.4 Å². The Labute approximate surface area is 145 Å². The zero-order valence-corrected chi connectivity index (χ0v) is 15.4. The molecule has 5 nitrogen and oxygen atoms in total. The van der Waals surface area contributed by atoms with Crippen molar-refractivity contribution in [2.24, 2.45) is 5.73 Å². The van der Waals surface area contributed by atoms with Gasteiger partial charge in [-0.3, -0.25) is 9.59 Å². The molecule has 2 amide bonds. The first kappa shape index (κ1) is 18.3. The van der Waals surface area contributed by atoms with Crippen LogP contribution in [0.4, 0.5) is 0 Å². The molecule has 0 saturated heterocycles. The van der Waals surface area contributed by atoms with E-state index in [0.29, 0.717) is 6.04 Å². The molecule has 0 aromatic carbocycles. The summed E-state index contributed by atoms with van der Waals surface area (Å²) < 4.78 is 0.822. The smallest absolute Gasteiger partial charge is 0.233 e. The maximum atomic E-state index is 12.4. The molecule has 1 fully saturated rings. The molecule has 23 heavy (non-hydrogen) atoms. The van der Waals surface area contributed by atoms with Gasteiger partial charge in [-0.25, -0.2) is 4.98 Å². The fourth-order valence-electron chi connectivity index (χ4n) is 2.72. The van der Waals surface area contributed by atoms with Gasteiger partial charge in [-0.1, -0.05) is 37.4 Å². The fourth-order valence-corrected chi connectivity index (χ4v) is 5.12. The molecule has 1 aromatic heterocycles. The van der Waals surface area contributed by atoms with E-state index >= 15 is 0 Å². The Morgan fingerprint density at radius 2 is 2.00 bits per heavy atom. The van der Waals surface area contributed by atoms with Gasteiger partial charge >= 0.3 is 0 Å². The van der Waals surface area contributed by atoms with E-state index in [0.717, 1.165) is 27.8 Å². The number of aromatic nitrogens is 1. The molecule has 0 bridgehead atoms. The molecule has 0 aliphatic heterocycles. The van der Waals surface area contributed by atoms with Crippen molar-refractivity contribution in [3.05, 3.63) is 10.6 Å². The lowest BCUT2D eigenvalue weighted by Crippen LogP contribution is -2.39. The molecular formula is C16H25N3O2S2. The first-order chi connectivity index (χ1) is 11.0. The van der Waals surface area contributed by atoms with Crippen LogP contribution in [-0.4, -0.2) is 28.1 Å². The molecule has 3 N–H and O–H groups in total. The number of nitrogens with zero attached hydrogens (tertiary/aromatic N) is 1. The van der Waals surface area contributed by atoms with Gasteiger partial charge in [0.15, 0.2) is 4.34 Å². The van der Waals surface area contributed by atoms with E-state index in [1.54, 1.807) is 0 Å². The highest BCUT2D eigenvalue weighted by molar-refractivity contribution is 8.02. The number of nitrogens with one attached hydrogen (secondary N) is 1. The van der Waals surface area contributed by atoms with Crippen molar-refractivity contribution >= 4 is 34.9 Å². The molecule has 1 atom stereocenters. The van der Waals surface area contributed by atoms with Gasteiger partial charge in [0, 0.05) is 10.9 Å². The number of carbonyl (C=O) groups is 2. The minimum absolute atomic E-state index is 0.0752. The van der Waals surface area contributed by atoms with Crippen LogP contribution in [0.3, 0.4) is 0 Å². The van der Waals surface area contributed by atoms with Crippen LogP contribution < -0.4 is 11.1 Å². The van der Waals surface area contributed by atoms with Crippen molar-refractivity contribution in [2.75, 3.05) is 0 Å². The zero-order chi connectivity index (χ0) is 16.8. The van der Waals surface area contributed by atoms with Crippen LogP contribution in [0.5, 0.6) is 0 Å². The van der Waals surface area contributed by atoms with Crippen LogP contribution in [0, 0.1) is 6.92 Å². The molecule has 1 saturated carbocycles. The number of nitrogens with two attached hydrogens (primary N) is 1. The average molecular weight is 356 g/mol. The van der Waals surface area contributed by atoms with Crippen molar-refractivity contribution in [1.29, 1.82) is 0 Å². The number of aryl methyl sites for hydroxylation is 1. The molecule has 0 unspecified atom stereocenters. The number of thioether (sulfide) groups is 1. The second kappa shape index (κ2) is 8.68. The lowest BCUT2D eigenvalue weighted by atomic mass is 10.1. The first-order valence-corrected chi connectivity index (χ1v) is 9.87. The van der Waals surface area contributed by atoms with Gasteiger partial charge in [0.1, 0.15) is 0 Å². The molecule has 1 heterocycles. The van der Waals surface area contributed by atoms with Crippen LogP contribution in [0.2, 0.25) is 0 Å². The van der Waals surface area contributed by atoms with Gasteiger partial charge in [0.05, 0.1) is 17.4 Å². The summed E-state index contributed by atoms with van der Waals surface area (Å²) >= 11 is 2.90. The van der Waals surface area contributed by atoms with E-state index in [1.165, 1.54) is 48.8 Å². The maximum absolute atomic E-state index is 12.4. The predicted molar refractivity (Wildman–Crippen MR) is 94.7 cm³/mol. The van der Waals surface area contributed by atoms with Gasteiger partial charge in [-0.05, 0) is 26.7 Å². The quantitative estimate of drug-likeness (QED) is 0.607. The van der Waals surface area contributed by atoms with Crippen molar-refractivity contribution < 1.29 is 9.59 Å². The summed E-state index contributed by atoms with van der Waals surface area (Å²) in [5, 5.41) is 2.99. The fraction of sp³-hybridized carbons (Fsp3) is 0.688. The van der Waals surface area contributed by atoms with Crippen molar-refractivity contribution in [1.82, 2.24) is 10.3 Å². The van der Waals surface area contributed by atoms with Gasteiger partial charge < -0.3 is 11.1 Å². The van der Waals surface area contributed by atoms with Crippen LogP contribution in [0.1, 0.15) is 56.0 Å². The topological polar surface area (TPSA) is 85.1 Å². The maximum Gasteiger partial charge on any atom is 0.233 e. The van der Waals surface area contributed by atoms with E-state index in [-0.39, 0.29) is 23.5 Å². The van der Waals surface area contributed by atoms with Crippen LogP contribution >= 0.6 is 23.1 Å². The van der Waals surface area contributed by atoms with Crippen LogP contribution in [0.25, 0.3) is 0 Å². The molecule has 0 spiro atoms. The Hall–Kier alpha value is -1.08. The Balaban J connectivity index is 1.88. The molecule has 1 aromatic rings. The minimum atomic E-state index is -0.354. The summed E-state index contributed by atoms with van der Waals surface area (Å²) in [6.45, 7) is 3.77. The minimum Gasteiger partial charge on any atom is -0.369 e. The summed E-state index contributed by atoms with van der Waals surface area (Å²) in [5.41, 5.74) is 6.06. The van der Waals surface area contributed by atoms with E-state index in [4.69, 9.17) is 5.73 Å². The summed E-state index contributed by atoms with van der Waals surface area (Å²) in [6.07, 6.45) is 7.34. The molecule has 7 heteroatoms. The van der Waals surface area contributed by atoms with Gasteiger partial charge in [0.25, 0.3) is 0 Å². The highest BCUT2D eigenvalue weighted by atomic mass is 32.2. The largest absolute Gasteiger partial charge is 0.369 e. The lowest BCUT2D eigenvalue weighted by molar-refractivity contribution is -0.121. The third kappa shape index (κ3) is 5.80. The number of thiazole rings is 1. The predicted octanol–water partition coefficient (Wildman–Crippen LogP) is 2.80. The summed E-state index contributed by atoms with van der Waals surface area (Å²) in [7, 11) is 0. The number of amides is 2.